The van der Waals surface area contributed by atoms with E-state index in [0.717, 1.165) is 0 Å². The molecule has 0 saturated heterocycles. The molecule has 0 bridgehead atoms. The summed E-state index contributed by atoms with van der Waals surface area (Å²) in [6.45, 7) is 1.74. The zero-order chi connectivity index (χ0) is 10.6. The van der Waals surface area contributed by atoms with Gasteiger partial charge in [-0.05, 0) is 47.1 Å². The Balaban J connectivity index is 2.70. The number of rotatable bonds is 2. The smallest absolute Gasteiger partial charge is 0.262 e. The Labute approximate surface area is 89.9 Å². The molecular weight excluding hydrogens is 249 g/mol. The second-order valence-corrected chi connectivity index (χ2v) is 3.45. The zero-order valence-corrected chi connectivity index (χ0v) is 9.14. The highest BCUT2D eigenvalue weighted by molar-refractivity contribution is 9.12. The van der Waals surface area contributed by atoms with Gasteiger partial charge in [-0.25, -0.2) is 4.39 Å². The van der Waals surface area contributed by atoms with Crippen LogP contribution < -0.4 is 5.32 Å². The van der Waals surface area contributed by atoms with Crippen LogP contribution in [0.2, 0.25) is 0 Å². The van der Waals surface area contributed by atoms with Gasteiger partial charge >= 0.3 is 0 Å². The second kappa shape index (κ2) is 4.91. The lowest BCUT2D eigenvalue weighted by Crippen LogP contribution is -2.10. The molecule has 1 N–H and O–H groups in total. The van der Waals surface area contributed by atoms with Crippen molar-refractivity contribution in [3.8, 4) is 0 Å². The first-order valence-electron chi connectivity index (χ1n) is 4.02. The molecule has 0 aliphatic rings. The first kappa shape index (κ1) is 10.9. The van der Waals surface area contributed by atoms with Gasteiger partial charge in [-0.1, -0.05) is 6.08 Å². The van der Waals surface area contributed by atoms with Crippen molar-refractivity contribution in [1.82, 2.24) is 0 Å². The van der Waals surface area contributed by atoms with Crippen molar-refractivity contribution in [2.24, 2.45) is 0 Å². The Hall–Kier alpha value is -1.16. The van der Waals surface area contributed by atoms with Crippen molar-refractivity contribution in [1.29, 1.82) is 0 Å². The Morgan fingerprint density at radius 3 is 2.50 bits per heavy atom. The minimum atomic E-state index is -0.326. The molecular formula is C10H9BrFNO. The largest absolute Gasteiger partial charge is 0.322 e. The van der Waals surface area contributed by atoms with Gasteiger partial charge in [-0.3, -0.25) is 4.79 Å². The van der Waals surface area contributed by atoms with Crippen molar-refractivity contribution in [3.63, 3.8) is 0 Å². The molecule has 1 amide bonds. The predicted octanol–water partition coefficient (Wildman–Crippen LogP) is 3.06. The standard InChI is InChI=1S/C10H9BrFNO/c1-2-9(11)10(14)13-8-5-3-7(12)4-6-8/h2-6H,1H3,(H,13,14)/b9-2-. The highest BCUT2D eigenvalue weighted by Crippen LogP contribution is 2.12. The quantitative estimate of drug-likeness (QED) is 0.811. The van der Waals surface area contributed by atoms with Gasteiger partial charge in [0.1, 0.15) is 5.82 Å². The summed E-state index contributed by atoms with van der Waals surface area (Å²) >= 11 is 3.09. The van der Waals surface area contributed by atoms with Gasteiger partial charge < -0.3 is 5.32 Å². The van der Waals surface area contributed by atoms with Crippen LogP contribution in [0.25, 0.3) is 0 Å². The van der Waals surface area contributed by atoms with E-state index in [2.05, 4.69) is 21.2 Å². The maximum absolute atomic E-state index is 12.5. The monoisotopic (exact) mass is 257 g/mol. The Bertz CT molecular complexity index is 359. The van der Waals surface area contributed by atoms with Crippen LogP contribution >= 0.6 is 15.9 Å². The summed E-state index contributed by atoms with van der Waals surface area (Å²) in [5, 5.41) is 2.60. The van der Waals surface area contributed by atoms with E-state index in [1.165, 1.54) is 24.3 Å². The molecule has 0 fully saturated rings. The summed E-state index contributed by atoms with van der Waals surface area (Å²) in [4.78, 5) is 11.3. The summed E-state index contributed by atoms with van der Waals surface area (Å²) < 4.78 is 13.0. The molecule has 1 aromatic carbocycles. The summed E-state index contributed by atoms with van der Waals surface area (Å²) in [5.74, 6) is -0.577. The highest BCUT2D eigenvalue weighted by atomic mass is 79.9. The van der Waals surface area contributed by atoms with E-state index in [1.807, 2.05) is 0 Å². The molecule has 4 heteroatoms. The van der Waals surface area contributed by atoms with Crippen LogP contribution in [-0.2, 0) is 4.79 Å². The van der Waals surface area contributed by atoms with Crippen LogP contribution in [0.3, 0.4) is 0 Å². The molecule has 0 heterocycles. The maximum atomic E-state index is 12.5. The van der Waals surface area contributed by atoms with Crippen molar-refractivity contribution in [3.05, 3.63) is 40.6 Å². The lowest BCUT2D eigenvalue weighted by Gasteiger charge is -2.03. The van der Waals surface area contributed by atoms with Crippen molar-refractivity contribution in [2.75, 3.05) is 5.32 Å². The molecule has 0 unspecified atom stereocenters. The topological polar surface area (TPSA) is 29.1 Å². The molecule has 1 rings (SSSR count). The van der Waals surface area contributed by atoms with Crippen LogP contribution in [0, 0.1) is 5.82 Å². The number of halogens is 2. The molecule has 14 heavy (non-hydrogen) atoms. The van der Waals surface area contributed by atoms with E-state index in [1.54, 1.807) is 13.0 Å². The third-order valence-electron chi connectivity index (χ3n) is 1.57. The van der Waals surface area contributed by atoms with E-state index in [-0.39, 0.29) is 11.7 Å². The average Bonchev–Trinajstić information content (AvgIpc) is 2.20. The summed E-state index contributed by atoms with van der Waals surface area (Å²) in [5.41, 5.74) is 0.565. The van der Waals surface area contributed by atoms with E-state index in [9.17, 15) is 9.18 Å². The van der Waals surface area contributed by atoms with Gasteiger partial charge in [-0.2, -0.15) is 0 Å². The number of amides is 1. The molecule has 0 aliphatic heterocycles. The number of carbonyl (C=O) groups excluding carboxylic acids is 1. The van der Waals surface area contributed by atoms with Crippen LogP contribution in [0.15, 0.2) is 34.8 Å². The summed E-state index contributed by atoms with van der Waals surface area (Å²) in [6, 6.07) is 5.59. The Morgan fingerprint density at radius 1 is 1.43 bits per heavy atom. The van der Waals surface area contributed by atoms with Crippen LogP contribution in [0.5, 0.6) is 0 Å². The van der Waals surface area contributed by atoms with Gasteiger partial charge in [0.25, 0.3) is 5.91 Å². The van der Waals surface area contributed by atoms with E-state index >= 15 is 0 Å². The Morgan fingerprint density at radius 2 is 2.00 bits per heavy atom. The molecule has 0 radical (unpaired) electrons. The first-order valence-corrected chi connectivity index (χ1v) is 4.81. The number of carbonyl (C=O) groups is 1. The van der Waals surface area contributed by atoms with E-state index in [0.29, 0.717) is 10.2 Å². The fourth-order valence-electron chi connectivity index (χ4n) is 0.855. The first-order chi connectivity index (χ1) is 6.63. The number of hydrogen-bond donors (Lipinski definition) is 1. The molecule has 1 aromatic rings. The molecule has 0 atom stereocenters. The van der Waals surface area contributed by atoms with E-state index < -0.39 is 0 Å². The number of nitrogens with one attached hydrogen (secondary N) is 1. The third-order valence-corrected chi connectivity index (χ3v) is 2.39. The fourth-order valence-corrected chi connectivity index (χ4v) is 0.954. The van der Waals surface area contributed by atoms with Crippen molar-refractivity contribution >= 4 is 27.5 Å². The number of hydrogen-bond acceptors (Lipinski definition) is 1. The van der Waals surface area contributed by atoms with Gasteiger partial charge in [0.15, 0.2) is 0 Å². The molecule has 0 spiro atoms. The van der Waals surface area contributed by atoms with Gasteiger partial charge in [0, 0.05) is 5.69 Å². The van der Waals surface area contributed by atoms with Crippen LogP contribution in [0.1, 0.15) is 6.92 Å². The average molecular weight is 258 g/mol. The molecule has 0 saturated carbocycles. The molecule has 0 aromatic heterocycles. The van der Waals surface area contributed by atoms with Crippen molar-refractivity contribution in [2.45, 2.75) is 6.92 Å². The van der Waals surface area contributed by atoms with Gasteiger partial charge in [-0.15, -0.1) is 0 Å². The number of anilines is 1. The predicted molar refractivity (Wildman–Crippen MR) is 57.7 cm³/mol. The lowest BCUT2D eigenvalue weighted by molar-refractivity contribution is -0.112. The zero-order valence-electron chi connectivity index (χ0n) is 7.55. The van der Waals surface area contributed by atoms with Crippen LogP contribution in [0.4, 0.5) is 10.1 Å². The summed E-state index contributed by atoms with van der Waals surface area (Å²) in [6.07, 6.45) is 1.64. The number of benzene rings is 1. The van der Waals surface area contributed by atoms with Crippen LogP contribution in [-0.4, -0.2) is 5.91 Å². The second-order valence-electron chi connectivity index (χ2n) is 2.60. The summed E-state index contributed by atoms with van der Waals surface area (Å²) in [7, 11) is 0. The fraction of sp³-hybridized carbons (Fsp3) is 0.100. The maximum Gasteiger partial charge on any atom is 0.262 e. The highest BCUT2D eigenvalue weighted by Gasteiger charge is 2.04. The number of allylic oxidation sites excluding steroid dienone is 1. The SMILES string of the molecule is C/C=C(\Br)C(=O)Nc1ccc(F)cc1. The third kappa shape index (κ3) is 2.96. The molecule has 2 nitrogen and oxygen atoms in total. The van der Waals surface area contributed by atoms with Gasteiger partial charge in [0.2, 0.25) is 0 Å². The normalized spacial score (nSPS) is 11.2. The minimum Gasteiger partial charge on any atom is -0.322 e. The van der Waals surface area contributed by atoms with Gasteiger partial charge in [0.05, 0.1) is 4.48 Å². The Kier molecular flexibility index (Phi) is 3.83. The van der Waals surface area contributed by atoms with E-state index in [4.69, 9.17) is 0 Å². The minimum absolute atomic E-state index is 0.251. The molecule has 0 aliphatic carbocycles. The molecule has 74 valence electrons. The van der Waals surface area contributed by atoms with Crippen molar-refractivity contribution < 1.29 is 9.18 Å². The lowest BCUT2D eigenvalue weighted by atomic mass is 10.3.